The Morgan fingerprint density at radius 3 is 2.92 bits per heavy atom. The molecule has 0 radical (unpaired) electrons. The molecule has 0 spiro atoms. The molecule has 0 atom stereocenters. The summed E-state index contributed by atoms with van der Waals surface area (Å²) in [4.78, 5) is 16.1. The van der Waals surface area contributed by atoms with Crippen LogP contribution in [0.5, 0.6) is 0 Å². The topological polar surface area (TPSA) is 92.7 Å². The smallest absolute Gasteiger partial charge is 0.358 e. The lowest BCUT2D eigenvalue weighted by Crippen LogP contribution is -1.96. The molecule has 0 N–H and O–H groups in total. The third-order valence-corrected chi connectivity index (χ3v) is 1.28. The summed E-state index contributed by atoms with van der Waals surface area (Å²) in [5, 5.41) is 18.4. The predicted molar refractivity (Wildman–Crippen MR) is 38.4 cm³/mol. The van der Waals surface area contributed by atoms with Crippen LogP contribution in [0.25, 0.3) is 0 Å². The zero-order valence-corrected chi connectivity index (χ0v) is 6.32. The molecule has 12 heavy (non-hydrogen) atoms. The van der Waals surface area contributed by atoms with E-state index in [0.29, 0.717) is 0 Å². The van der Waals surface area contributed by atoms with Gasteiger partial charge in [0, 0.05) is 0 Å². The summed E-state index contributed by atoms with van der Waals surface area (Å²) in [5.74, 6) is -0.490. The minimum Gasteiger partial charge on any atom is -0.358 e. The second-order valence-electron chi connectivity index (χ2n) is 1.74. The average molecular weight is 185 g/mol. The molecule has 1 aromatic heterocycles. The number of aromatic nitrogens is 2. The number of hydrogen-bond acceptors (Lipinski definition) is 5. The summed E-state index contributed by atoms with van der Waals surface area (Å²) in [7, 11) is 0. The molecule has 60 valence electrons. The average Bonchev–Trinajstić information content (AvgIpc) is 2.05. The van der Waals surface area contributed by atoms with Crippen molar-refractivity contribution in [3.05, 3.63) is 27.2 Å². The van der Waals surface area contributed by atoms with Gasteiger partial charge in [-0.1, -0.05) is 11.6 Å². The highest BCUT2D eigenvalue weighted by Crippen LogP contribution is 2.12. The van der Waals surface area contributed by atoms with Gasteiger partial charge < -0.3 is 10.1 Å². The van der Waals surface area contributed by atoms with Gasteiger partial charge in [0.25, 0.3) is 5.69 Å². The first kappa shape index (κ1) is 8.36. The van der Waals surface area contributed by atoms with Crippen molar-refractivity contribution in [2.75, 3.05) is 0 Å². The lowest BCUT2D eigenvalue weighted by molar-refractivity contribution is -0.389. The molecule has 1 rings (SSSR count). The second-order valence-corrected chi connectivity index (χ2v) is 2.09. The van der Waals surface area contributed by atoms with Gasteiger partial charge >= 0.3 is 5.82 Å². The van der Waals surface area contributed by atoms with E-state index in [1.165, 1.54) is 0 Å². The summed E-state index contributed by atoms with van der Waals surface area (Å²) in [6, 6.07) is 1.58. The van der Waals surface area contributed by atoms with Gasteiger partial charge in [0.05, 0.1) is 0 Å². The molecule has 0 aliphatic carbocycles. The highest BCUT2D eigenvalue weighted by Gasteiger charge is 2.14. The Kier molecular flexibility index (Phi) is 2.16. The van der Waals surface area contributed by atoms with Crippen molar-refractivity contribution in [1.29, 1.82) is 5.26 Å². The van der Waals surface area contributed by atoms with E-state index in [4.69, 9.17) is 16.9 Å². The molecule has 1 heterocycles. The Bertz CT molecular complexity index is 372. The first-order valence-electron chi connectivity index (χ1n) is 2.72. The summed E-state index contributed by atoms with van der Waals surface area (Å²) in [6.45, 7) is 0. The quantitative estimate of drug-likeness (QED) is 0.478. The molecule has 6 nitrogen and oxygen atoms in total. The lowest BCUT2D eigenvalue weighted by atomic mass is 10.5. The largest absolute Gasteiger partial charge is 0.383 e. The summed E-state index contributed by atoms with van der Waals surface area (Å²) < 4.78 is 0. The van der Waals surface area contributed by atoms with Crippen LogP contribution in [0.3, 0.4) is 0 Å². The van der Waals surface area contributed by atoms with Gasteiger partial charge in [0.1, 0.15) is 6.20 Å². The zero-order valence-electron chi connectivity index (χ0n) is 5.56. The summed E-state index contributed by atoms with van der Waals surface area (Å²) in [5.41, 5.74) is -0.245. The van der Waals surface area contributed by atoms with Crippen molar-refractivity contribution in [3.8, 4) is 6.07 Å². The molecule has 0 saturated carbocycles. The van der Waals surface area contributed by atoms with Gasteiger partial charge in [0.2, 0.25) is 0 Å². The van der Waals surface area contributed by atoms with Crippen LogP contribution in [0.1, 0.15) is 5.69 Å². The summed E-state index contributed by atoms with van der Waals surface area (Å²) in [6.07, 6.45) is 0.892. The number of rotatable bonds is 1. The highest BCUT2D eigenvalue weighted by molar-refractivity contribution is 6.30. The van der Waals surface area contributed by atoms with Crippen molar-refractivity contribution in [3.63, 3.8) is 0 Å². The molecule has 0 amide bonds. The van der Waals surface area contributed by atoms with E-state index in [-0.39, 0.29) is 10.8 Å². The molecule has 0 unspecified atom stereocenters. The molecule has 7 heteroatoms. The zero-order chi connectivity index (χ0) is 9.14. The molecule has 0 saturated heterocycles. The number of nitriles is 1. The third kappa shape index (κ3) is 1.46. The number of nitro groups is 1. The molecule has 0 aliphatic heterocycles. The van der Waals surface area contributed by atoms with E-state index in [1.54, 1.807) is 6.07 Å². The molecule has 0 fully saturated rings. The fourth-order valence-electron chi connectivity index (χ4n) is 0.524. The molecular weight excluding hydrogens is 184 g/mol. The molecule has 0 aromatic carbocycles. The van der Waals surface area contributed by atoms with Gasteiger partial charge in [0.15, 0.2) is 11.2 Å². The van der Waals surface area contributed by atoms with E-state index >= 15 is 0 Å². The van der Waals surface area contributed by atoms with Crippen LogP contribution in [0.15, 0.2) is 6.20 Å². The normalized spacial score (nSPS) is 9.00. The van der Waals surface area contributed by atoms with Crippen LogP contribution in [0.2, 0.25) is 5.15 Å². The minimum atomic E-state index is -0.746. The minimum absolute atomic E-state index is 0.136. The van der Waals surface area contributed by atoms with Crippen LogP contribution in [-0.2, 0) is 0 Å². The van der Waals surface area contributed by atoms with Crippen LogP contribution in [0.4, 0.5) is 5.82 Å². The first-order chi connectivity index (χ1) is 5.65. The number of halogens is 1. The maximum Gasteiger partial charge on any atom is 0.383 e. The van der Waals surface area contributed by atoms with Crippen LogP contribution in [-0.4, -0.2) is 14.9 Å². The van der Waals surface area contributed by atoms with Crippen molar-refractivity contribution in [2.45, 2.75) is 0 Å². The van der Waals surface area contributed by atoms with Gasteiger partial charge in [-0.2, -0.15) is 5.26 Å². The standard InChI is InChI=1S/C5HClN4O2/c6-5-3(1-7)9-4(2-8-5)10(11)12/h2H. The fraction of sp³-hybridized carbons (Fsp3) is 0. The molecule has 1 aromatic rings. The predicted octanol–water partition coefficient (Wildman–Crippen LogP) is 0.910. The van der Waals surface area contributed by atoms with Gasteiger partial charge in [-0.25, -0.2) is 4.98 Å². The molecular formula is C5HClN4O2. The maximum absolute atomic E-state index is 10.1. The Hall–Kier alpha value is -1.74. The van der Waals surface area contributed by atoms with Crippen LogP contribution in [0, 0.1) is 21.4 Å². The highest BCUT2D eigenvalue weighted by atomic mass is 35.5. The van der Waals surface area contributed by atoms with Gasteiger partial charge in [-0.05, 0) is 9.91 Å². The van der Waals surface area contributed by atoms with E-state index < -0.39 is 10.7 Å². The number of nitrogens with zero attached hydrogens (tertiary/aromatic N) is 4. The Morgan fingerprint density at radius 1 is 1.75 bits per heavy atom. The first-order valence-corrected chi connectivity index (χ1v) is 3.10. The fourth-order valence-corrected chi connectivity index (χ4v) is 0.658. The van der Waals surface area contributed by atoms with Crippen LogP contribution < -0.4 is 0 Å². The van der Waals surface area contributed by atoms with E-state index in [0.717, 1.165) is 6.20 Å². The van der Waals surface area contributed by atoms with Gasteiger partial charge in [-0.15, -0.1) is 0 Å². The van der Waals surface area contributed by atoms with E-state index in [2.05, 4.69) is 9.97 Å². The number of hydrogen-bond donors (Lipinski definition) is 0. The summed E-state index contributed by atoms with van der Waals surface area (Å²) >= 11 is 5.38. The second kappa shape index (κ2) is 3.11. The Labute approximate surface area is 71.6 Å². The van der Waals surface area contributed by atoms with E-state index in [1.807, 2.05) is 0 Å². The Morgan fingerprint density at radius 2 is 2.42 bits per heavy atom. The van der Waals surface area contributed by atoms with E-state index in [9.17, 15) is 10.1 Å². The lowest BCUT2D eigenvalue weighted by Gasteiger charge is -1.90. The van der Waals surface area contributed by atoms with Crippen molar-refractivity contribution < 1.29 is 4.92 Å². The van der Waals surface area contributed by atoms with Crippen molar-refractivity contribution in [1.82, 2.24) is 9.97 Å². The SMILES string of the molecule is N#Cc1nc([N+](=O)[O-])cnc1Cl. The third-order valence-electron chi connectivity index (χ3n) is 1.01. The van der Waals surface area contributed by atoms with Crippen molar-refractivity contribution in [2.24, 2.45) is 0 Å². The van der Waals surface area contributed by atoms with Crippen molar-refractivity contribution >= 4 is 17.4 Å². The maximum atomic E-state index is 10.1. The molecule has 0 aliphatic rings. The molecule has 0 bridgehead atoms. The van der Waals surface area contributed by atoms with Crippen LogP contribution >= 0.6 is 11.6 Å². The van der Waals surface area contributed by atoms with Gasteiger partial charge in [-0.3, -0.25) is 0 Å². The Balaban J connectivity index is 3.25. The monoisotopic (exact) mass is 184 g/mol.